The highest BCUT2D eigenvalue weighted by atomic mass is 16.2. The molecule has 4 nitrogen and oxygen atoms in total. The summed E-state index contributed by atoms with van der Waals surface area (Å²) in [6.45, 7) is 0.817. The minimum atomic E-state index is 0.00359. The van der Waals surface area contributed by atoms with Gasteiger partial charge in [-0.3, -0.25) is 9.59 Å². The summed E-state index contributed by atoms with van der Waals surface area (Å²) in [5.74, 6) is 0.554. The Morgan fingerprint density at radius 3 is 2.92 bits per heavy atom. The monoisotopic (exact) mass is 332 g/mol. The Bertz CT molecular complexity index is 889. The van der Waals surface area contributed by atoms with Gasteiger partial charge in [-0.15, -0.1) is 0 Å². The summed E-state index contributed by atoms with van der Waals surface area (Å²) >= 11 is 0. The van der Waals surface area contributed by atoms with Crippen molar-refractivity contribution in [2.75, 3.05) is 11.9 Å². The number of anilines is 1. The van der Waals surface area contributed by atoms with Crippen LogP contribution in [0.5, 0.6) is 0 Å². The largest absolute Gasteiger partial charge is 0.335 e. The number of likely N-dealkylation sites (tertiary alicyclic amines) is 1. The molecule has 5 rings (SSSR count). The standard InChI is InChI=1S/C21H20N2O2/c24-20-12-14-7-8-15(10-18(14)22-20)21(25)23-9-3-6-17-16-5-2-1-4-13(16)11-19(17)23/h1-2,4-5,7-8,10,17,19H,3,6,9,11-12H2,(H,22,24). The van der Waals surface area contributed by atoms with Crippen molar-refractivity contribution in [1.29, 1.82) is 0 Å². The molecule has 2 aromatic carbocycles. The van der Waals surface area contributed by atoms with E-state index in [0.717, 1.165) is 37.1 Å². The van der Waals surface area contributed by atoms with E-state index in [0.29, 0.717) is 17.9 Å². The lowest BCUT2D eigenvalue weighted by Gasteiger charge is -2.38. The van der Waals surface area contributed by atoms with Crippen LogP contribution in [0.3, 0.4) is 0 Å². The minimum Gasteiger partial charge on any atom is -0.335 e. The fraction of sp³-hybridized carbons (Fsp3) is 0.333. The zero-order chi connectivity index (χ0) is 17.0. The molecule has 2 aromatic rings. The van der Waals surface area contributed by atoms with E-state index < -0.39 is 0 Å². The molecule has 0 saturated carbocycles. The molecule has 2 atom stereocenters. The van der Waals surface area contributed by atoms with Gasteiger partial charge in [-0.1, -0.05) is 30.3 Å². The highest BCUT2D eigenvalue weighted by Gasteiger charge is 2.40. The van der Waals surface area contributed by atoms with Crippen LogP contribution >= 0.6 is 0 Å². The van der Waals surface area contributed by atoms with Gasteiger partial charge in [0, 0.05) is 29.8 Å². The van der Waals surface area contributed by atoms with Gasteiger partial charge < -0.3 is 10.2 Å². The van der Waals surface area contributed by atoms with E-state index in [1.807, 2.05) is 18.2 Å². The first-order valence-electron chi connectivity index (χ1n) is 9.02. The summed E-state index contributed by atoms with van der Waals surface area (Å²) in [6.07, 6.45) is 3.57. The molecule has 0 spiro atoms. The number of amides is 2. The Labute approximate surface area is 146 Å². The molecular weight excluding hydrogens is 312 g/mol. The maximum atomic E-state index is 13.2. The Morgan fingerprint density at radius 1 is 1.12 bits per heavy atom. The van der Waals surface area contributed by atoms with Crippen molar-refractivity contribution < 1.29 is 9.59 Å². The molecule has 25 heavy (non-hydrogen) atoms. The quantitative estimate of drug-likeness (QED) is 0.872. The van der Waals surface area contributed by atoms with Gasteiger partial charge in [-0.05, 0) is 48.1 Å². The summed E-state index contributed by atoms with van der Waals surface area (Å²) in [7, 11) is 0. The van der Waals surface area contributed by atoms with Crippen molar-refractivity contribution in [1.82, 2.24) is 4.90 Å². The molecule has 1 saturated heterocycles. The van der Waals surface area contributed by atoms with Crippen molar-refractivity contribution in [3.05, 3.63) is 64.7 Å². The van der Waals surface area contributed by atoms with Crippen molar-refractivity contribution in [2.45, 2.75) is 37.6 Å². The number of carbonyl (C=O) groups is 2. The van der Waals surface area contributed by atoms with Crippen molar-refractivity contribution in [2.24, 2.45) is 0 Å². The first kappa shape index (κ1) is 14.7. The predicted octanol–water partition coefficient (Wildman–Crippen LogP) is 3.13. The molecule has 3 aliphatic rings. The maximum Gasteiger partial charge on any atom is 0.254 e. The zero-order valence-electron chi connectivity index (χ0n) is 14.0. The second-order valence-electron chi connectivity index (χ2n) is 7.31. The van der Waals surface area contributed by atoms with Gasteiger partial charge in [0.2, 0.25) is 5.91 Å². The highest BCUT2D eigenvalue weighted by Crippen LogP contribution is 2.42. The lowest BCUT2D eigenvalue weighted by Crippen LogP contribution is -2.46. The summed E-state index contributed by atoms with van der Waals surface area (Å²) in [5, 5.41) is 2.85. The van der Waals surface area contributed by atoms with Crippen LogP contribution in [0.25, 0.3) is 0 Å². The summed E-state index contributed by atoms with van der Waals surface area (Å²) in [4.78, 5) is 26.8. The van der Waals surface area contributed by atoms with Crippen molar-refractivity contribution >= 4 is 17.5 Å². The Hall–Kier alpha value is -2.62. The van der Waals surface area contributed by atoms with E-state index in [2.05, 4.69) is 34.5 Å². The van der Waals surface area contributed by atoms with Crippen LogP contribution in [0, 0.1) is 0 Å². The summed E-state index contributed by atoms with van der Waals surface area (Å²) in [6, 6.07) is 14.5. The third-order valence-corrected chi connectivity index (χ3v) is 5.91. The van der Waals surface area contributed by atoms with Crippen LogP contribution in [0.15, 0.2) is 42.5 Å². The third kappa shape index (κ3) is 2.28. The first-order valence-corrected chi connectivity index (χ1v) is 9.02. The van der Waals surface area contributed by atoms with E-state index in [4.69, 9.17) is 0 Å². The number of nitrogens with one attached hydrogen (secondary N) is 1. The molecule has 2 unspecified atom stereocenters. The van der Waals surface area contributed by atoms with Crippen LogP contribution < -0.4 is 5.32 Å². The number of carbonyl (C=O) groups excluding carboxylic acids is 2. The molecule has 2 amide bonds. The lowest BCUT2D eigenvalue weighted by molar-refractivity contribution is -0.115. The highest BCUT2D eigenvalue weighted by molar-refractivity contribution is 6.02. The lowest BCUT2D eigenvalue weighted by atomic mass is 9.88. The van der Waals surface area contributed by atoms with Gasteiger partial charge >= 0.3 is 0 Å². The van der Waals surface area contributed by atoms with Crippen molar-refractivity contribution in [3.63, 3.8) is 0 Å². The van der Waals surface area contributed by atoms with Gasteiger partial charge in [0.25, 0.3) is 5.91 Å². The molecule has 1 fully saturated rings. The second kappa shape index (κ2) is 5.45. The van der Waals surface area contributed by atoms with Crippen LogP contribution in [-0.2, 0) is 17.6 Å². The SMILES string of the molecule is O=C1Cc2ccc(C(=O)N3CCCC4c5ccccc5CC43)cc2N1. The van der Waals surface area contributed by atoms with Gasteiger partial charge in [0.1, 0.15) is 0 Å². The molecule has 4 heteroatoms. The molecule has 0 radical (unpaired) electrons. The smallest absolute Gasteiger partial charge is 0.254 e. The number of fused-ring (bicyclic) bond motifs is 4. The van der Waals surface area contributed by atoms with Crippen LogP contribution in [0.1, 0.15) is 45.8 Å². The van der Waals surface area contributed by atoms with Crippen LogP contribution in [-0.4, -0.2) is 29.3 Å². The fourth-order valence-corrected chi connectivity index (χ4v) is 4.74. The maximum absolute atomic E-state index is 13.2. The average Bonchev–Trinajstić information content (AvgIpc) is 3.19. The van der Waals surface area contributed by atoms with E-state index in [-0.39, 0.29) is 17.9 Å². The predicted molar refractivity (Wildman–Crippen MR) is 95.7 cm³/mol. The van der Waals surface area contributed by atoms with Crippen LogP contribution in [0.4, 0.5) is 5.69 Å². The fourth-order valence-electron chi connectivity index (χ4n) is 4.74. The number of nitrogens with zero attached hydrogens (tertiary/aromatic N) is 1. The number of benzene rings is 2. The molecule has 0 bridgehead atoms. The second-order valence-corrected chi connectivity index (χ2v) is 7.31. The number of rotatable bonds is 1. The van der Waals surface area contributed by atoms with Crippen LogP contribution in [0.2, 0.25) is 0 Å². The third-order valence-electron chi connectivity index (χ3n) is 5.91. The molecule has 0 aromatic heterocycles. The average molecular weight is 332 g/mol. The number of hydrogen-bond acceptors (Lipinski definition) is 2. The van der Waals surface area contributed by atoms with Gasteiger partial charge in [0.05, 0.1) is 6.42 Å². The van der Waals surface area contributed by atoms with Gasteiger partial charge in [-0.25, -0.2) is 0 Å². The Kier molecular flexibility index (Phi) is 3.20. The van der Waals surface area contributed by atoms with E-state index in [1.54, 1.807) is 0 Å². The van der Waals surface area contributed by atoms with E-state index in [9.17, 15) is 9.59 Å². The van der Waals surface area contributed by atoms with E-state index in [1.165, 1.54) is 11.1 Å². The Morgan fingerprint density at radius 2 is 2.00 bits per heavy atom. The van der Waals surface area contributed by atoms with Gasteiger partial charge in [-0.2, -0.15) is 0 Å². The first-order chi connectivity index (χ1) is 12.2. The summed E-state index contributed by atoms with van der Waals surface area (Å²) < 4.78 is 0. The number of piperidine rings is 1. The van der Waals surface area contributed by atoms with Crippen molar-refractivity contribution in [3.8, 4) is 0 Å². The van der Waals surface area contributed by atoms with E-state index >= 15 is 0 Å². The Balaban J connectivity index is 1.45. The molecule has 126 valence electrons. The zero-order valence-corrected chi connectivity index (χ0v) is 14.0. The molecule has 2 aliphatic heterocycles. The normalized spacial score (nSPS) is 23.7. The molecule has 1 aliphatic carbocycles. The molecular formula is C21H20N2O2. The summed E-state index contributed by atoms with van der Waals surface area (Å²) in [5.41, 5.74) is 5.26. The topological polar surface area (TPSA) is 49.4 Å². The van der Waals surface area contributed by atoms with Gasteiger partial charge in [0.15, 0.2) is 0 Å². The number of hydrogen-bond donors (Lipinski definition) is 1. The minimum absolute atomic E-state index is 0.00359. The molecule has 2 heterocycles. The molecule has 1 N–H and O–H groups in total.